The van der Waals surface area contributed by atoms with E-state index in [9.17, 15) is 14.9 Å². The third kappa shape index (κ3) is 6.09. The van der Waals surface area contributed by atoms with Crippen molar-refractivity contribution in [1.82, 2.24) is 0 Å². The minimum absolute atomic E-state index is 0.0865. The van der Waals surface area contributed by atoms with Crippen LogP contribution in [0.2, 0.25) is 0 Å². The van der Waals surface area contributed by atoms with E-state index < -0.39 is 11.9 Å². The maximum atomic E-state index is 12.5. The Labute approximate surface area is 177 Å². The molecule has 1 amide bonds. The number of aryl methyl sites for hydroxylation is 1. The van der Waals surface area contributed by atoms with Gasteiger partial charge in [0.15, 0.2) is 18.1 Å². The maximum absolute atomic E-state index is 12.5. The predicted molar refractivity (Wildman–Crippen MR) is 112 cm³/mol. The van der Waals surface area contributed by atoms with Gasteiger partial charge in [0, 0.05) is 10.2 Å². The third-order valence-electron chi connectivity index (χ3n) is 3.83. The van der Waals surface area contributed by atoms with Crippen LogP contribution in [0.15, 0.2) is 46.4 Å². The van der Waals surface area contributed by atoms with Crippen molar-refractivity contribution in [3.8, 4) is 17.6 Å². The lowest BCUT2D eigenvalue weighted by molar-refractivity contribution is -0.142. The van der Waals surface area contributed by atoms with Gasteiger partial charge in [0.2, 0.25) is 0 Å². The highest BCUT2D eigenvalue weighted by atomic mass is 79.9. The minimum atomic E-state index is -0.535. The Balaban J connectivity index is 2.27. The molecule has 0 aliphatic rings. The van der Waals surface area contributed by atoms with Crippen molar-refractivity contribution in [1.29, 1.82) is 5.26 Å². The van der Waals surface area contributed by atoms with Crippen LogP contribution in [-0.4, -0.2) is 32.7 Å². The molecule has 2 rings (SSSR count). The number of nitrogens with zero attached hydrogens (tertiary/aromatic N) is 1. The van der Waals surface area contributed by atoms with Crippen LogP contribution >= 0.6 is 15.9 Å². The highest BCUT2D eigenvalue weighted by molar-refractivity contribution is 9.10. The number of hydrogen-bond acceptors (Lipinski definition) is 6. The van der Waals surface area contributed by atoms with E-state index in [1.54, 1.807) is 24.3 Å². The molecular weight excluding hydrogens is 440 g/mol. The SMILES string of the molecule is COC(=O)COc1cc(Br)c(/C=C(\C#N)C(=O)Nc2ccc(C)cc2)cc1OC. The number of ether oxygens (including phenoxy) is 3. The van der Waals surface area contributed by atoms with Crippen molar-refractivity contribution in [2.24, 2.45) is 0 Å². The van der Waals surface area contributed by atoms with Crippen LogP contribution in [0.3, 0.4) is 0 Å². The average Bonchev–Trinajstić information content (AvgIpc) is 2.72. The number of esters is 1. The van der Waals surface area contributed by atoms with Crippen LogP contribution in [0.5, 0.6) is 11.5 Å². The second kappa shape index (κ2) is 10.3. The standard InChI is InChI=1S/C21H19BrN2O5/c1-13-4-6-16(7-5-13)24-21(26)15(11-23)8-14-9-18(27-2)19(10-17(14)22)29-12-20(25)28-3/h4-10H,12H2,1-3H3,(H,24,26)/b15-8+. The summed E-state index contributed by atoms with van der Waals surface area (Å²) in [5, 5.41) is 12.1. The number of anilines is 1. The molecule has 29 heavy (non-hydrogen) atoms. The zero-order chi connectivity index (χ0) is 21.4. The summed E-state index contributed by atoms with van der Waals surface area (Å²) in [6.07, 6.45) is 1.43. The van der Waals surface area contributed by atoms with E-state index in [-0.39, 0.29) is 12.2 Å². The van der Waals surface area contributed by atoms with Crippen molar-refractivity contribution in [2.45, 2.75) is 6.92 Å². The molecule has 2 aromatic carbocycles. The monoisotopic (exact) mass is 458 g/mol. The molecule has 0 bridgehead atoms. The normalized spacial score (nSPS) is 10.7. The van der Waals surface area contributed by atoms with Crippen molar-refractivity contribution in [3.05, 3.63) is 57.6 Å². The van der Waals surface area contributed by atoms with Crippen molar-refractivity contribution in [2.75, 3.05) is 26.1 Å². The summed E-state index contributed by atoms with van der Waals surface area (Å²) < 4.78 is 15.8. The van der Waals surface area contributed by atoms with Gasteiger partial charge < -0.3 is 19.5 Å². The first-order chi connectivity index (χ1) is 13.9. The summed E-state index contributed by atoms with van der Waals surface area (Å²) in [6, 6.07) is 12.3. The van der Waals surface area contributed by atoms with E-state index in [1.165, 1.54) is 20.3 Å². The summed E-state index contributed by atoms with van der Waals surface area (Å²) in [5.74, 6) is -0.427. The van der Waals surface area contributed by atoms with Crippen molar-refractivity contribution < 1.29 is 23.8 Å². The van der Waals surface area contributed by atoms with E-state index >= 15 is 0 Å². The van der Waals surface area contributed by atoms with Gasteiger partial charge in [-0.05, 0) is 42.8 Å². The first kappa shape index (κ1) is 22.0. The number of halogens is 1. The second-order valence-corrected chi connectivity index (χ2v) is 6.73. The molecule has 2 aromatic rings. The molecule has 0 spiro atoms. The van der Waals surface area contributed by atoms with Gasteiger partial charge in [-0.1, -0.05) is 33.6 Å². The molecule has 1 N–H and O–H groups in total. The highest BCUT2D eigenvalue weighted by Gasteiger charge is 2.14. The quantitative estimate of drug-likeness (QED) is 0.384. The smallest absolute Gasteiger partial charge is 0.343 e. The molecular formula is C21H19BrN2O5. The maximum Gasteiger partial charge on any atom is 0.343 e. The van der Waals surface area contributed by atoms with E-state index in [0.717, 1.165) is 5.56 Å². The lowest BCUT2D eigenvalue weighted by atomic mass is 10.1. The lowest BCUT2D eigenvalue weighted by Crippen LogP contribution is -2.13. The molecule has 0 aliphatic carbocycles. The van der Waals surface area contributed by atoms with Gasteiger partial charge in [0.1, 0.15) is 11.6 Å². The summed E-state index contributed by atoms with van der Waals surface area (Å²) >= 11 is 3.38. The molecule has 0 saturated carbocycles. The number of rotatable bonds is 7. The molecule has 8 heteroatoms. The average molecular weight is 459 g/mol. The first-order valence-corrected chi connectivity index (χ1v) is 9.24. The van der Waals surface area contributed by atoms with Gasteiger partial charge in [-0.15, -0.1) is 0 Å². The van der Waals surface area contributed by atoms with E-state index in [0.29, 0.717) is 27.2 Å². The fraction of sp³-hybridized carbons (Fsp3) is 0.190. The Kier molecular flexibility index (Phi) is 7.80. The summed E-state index contributed by atoms with van der Waals surface area (Å²) in [4.78, 5) is 23.7. The first-order valence-electron chi connectivity index (χ1n) is 8.45. The Morgan fingerprint density at radius 3 is 2.45 bits per heavy atom. The number of nitrogens with one attached hydrogen (secondary N) is 1. The van der Waals surface area contributed by atoms with Gasteiger partial charge >= 0.3 is 5.97 Å². The summed E-state index contributed by atoms with van der Waals surface area (Å²) in [6.45, 7) is 1.66. The van der Waals surface area contributed by atoms with Crippen LogP contribution < -0.4 is 14.8 Å². The molecule has 0 heterocycles. The van der Waals surface area contributed by atoms with Crippen molar-refractivity contribution >= 4 is 39.6 Å². The molecule has 7 nitrogen and oxygen atoms in total. The molecule has 150 valence electrons. The van der Waals surface area contributed by atoms with Gasteiger partial charge in [0.25, 0.3) is 5.91 Å². The summed E-state index contributed by atoms with van der Waals surface area (Å²) in [7, 11) is 2.70. The molecule has 0 radical (unpaired) electrons. The van der Waals surface area contributed by atoms with Gasteiger partial charge in [0.05, 0.1) is 14.2 Å². The van der Waals surface area contributed by atoms with Crippen LogP contribution in [-0.2, 0) is 14.3 Å². The largest absolute Gasteiger partial charge is 0.493 e. The number of hydrogen-bond donors (Lipinski definition) is 1. The fourth-order valence-corrected chi connectivity index (χ4v) is 2.71. The number of carbonyl (C=O) groups is 2. The molecule has 0 aliphatic heterocycles. The predicted octanol–water partition coefficient (Wildman–Crippen LogP) is 3.86. The third-order valence-corrected chi connectivity index (χ3v) is 4.52. The Morgan fingerprint density at radius 2 is 1.86 bits per heavy atom. The molecule has 0 unspecified atom stereocenters. The number of methoxy groups -OCH3 is 2. The van der Waals surface area contributed by atoms with E-state index in [2.05, 4.69) is 26.0 Å². The van der Waals surface area contributed by atoms with E-state index in [1.807, 2.05) is 25.1 Å². The van der Waals surface area contributed by atoms with Crippen molar-refractivity contribution in [3.63, 3.8) is 0 Å². The van der Waals surface area contributed by atoms with Gasteiger partial charge in [-0.3, -0.25) is 4.79 Å². The zero-order valence-electron chi connectivity index (χ0n) is 16.1. The number of amides is 1. The second-order valence-electron chi connectivity index (χ2n) is 5.88. The summed E-state index contributed by atoms with van der Waals surface area (Å²) in [5.41, 5.74) is 2.09. The molecule has 0 atom stereocenters. The Morgan fingerprint density at radius 1 is 1.17 bits per heavy atom. The topological polar surface area (TPSA) is 97.7 Å². The molecule has 0 aromatic heterocycles. The Hall–Kier alpha value is -3.31. The number of nitriles is 1. The zero-order valence-corrected chi connectivity index (χ0v) is 17.7. The Bertz CT molecular complexity index is 978. The van der Waals surface area contributed by atoms with Crippen LogP contribution in [0.4, 0.5) is 5.69 Å². The highest BCUT2D eigenvalue weighted by Crippen LogP contribution is 2.34. The molecule has 0 fully saturated rings. The van der Waals surface area contributed by atoms with Gasteiger partial charge in [-0.2, -0.15) is 5.26 Å². The number of carbonyl (C=O) groups excluding carboxylic acids is 2. The fourth-order valence-electron chi connectivity index (χ4n) is 2.27. The van der Waals surface area contributed by atoms with E-state index in [4.69, 9.17) is 9.47 Å². The molecule has 0 saturated heterocycles. The van der Waals surface area contributed by atoms with Gasteiger partial charge in [-0.25, -0.2) is 4.79 Å². The van der Waals surface area contributed by atoms with Crippen LogP contribution in [0, 0.1) is 18.3 Å². The minimum Gasteiger partial charge on any atom is -0.493 e. The van der Waals surface area contributed by atoms with Crippen LogP contribution in [0.25, 0.3) is 6.08 Å². The lowest BCUT2D eigenvalue weighted by Gasteiger charge is -2.12. The number of benzene rings is 2. The van der Waals surface area contributed by atoms with Crippen LogP contribution in [0.1, 0.15) is 11.1 Å².